The average molecular weight is 305 g/mol. The Kier molecular flexibility index (Phi) is 5.13. The fraction of sp³-hybridized carbons (Fsp3) is 0.167. The van der Waals surface area contributed by atoms with Crippen LogP contribution in [0.1, 0.15) is 12.0 Å². The zero-order valence-electron chi connectivity index (χ0n) is 12.8. The Morgan fingerprint density at radius 1 is 0.870 bits per heavy atom. The lowest BCUT2D eigenvalue weighted by molar-refractivity contribution is 0.843. The summed E-state index contributed by atoms with van der Waals surface area (Å²) < 4.78 is 0. The van der Waals surface area contributed by atoms with Crippen LogP contribution in [0.5, 0.6) is 0 Å². The first kappa shape index (κ1) is 15.0. The van der Waals surface area contributed by atoms with E-state index in [1.807, 2.05) is 36.4 Å². The number of aryl methyl sites for hydroxylation is 1. The average Bonchev–Trinajstić information content (AvgIpc) is 2.61. The highest BCUT2D eigenvalue weighted by Gasteiger charge is 2.01. The number of nitrogens with zero attached hydrogens (tertiary/aromatic N) is 3. The van der Waals surface area contributed by atoms with E-state index in [1.54, 1.807) is 6.20 Å². The molecule has 0 saturated carbocycles. The smallest absolute Gasteiger partial charge is 0.244 e. The number of aromatic nitrogens is 3. The number of benzene rings is 2. The molecule has 5 nitrogen and oxygen atoms in total. The lowest BCUT2D eigenvalue weighted by atomic mass is 10.1. The highest BCUT2D eigenvalue weighted by Crippen LogP contribution is 2.13. The van der Waals surface area contributed by atoms with Crippen molar-refractivity contribution in [1.82, 2.24) is 15.2 Å². The number of para-hydroxylation sites is 1. The molecule has 2 N–H and O–H groups in total. The Hall–Kier alpha value is -2.95. The van der Waals surface area contributed by atoms with Crippen molar-refractivity contribution >= 4 is 17.5 Å². The molecule has 0 unspecified atom stereocenters. The van der Waals surface area contributed by atoms with Crippen molar-refractivity contribution in [3.63, 3.8) is 0 Å². The Balaban J connectivity index is 1.49. The highest BCUT2D eigenvalue weighted by atomic mass is 15.3. The molecule has 116 valence electrons. The third-order valence-electron chi connectivity index (χ3n) is 3.37. The van der Waals surface area contributed by atoms with Crippen LogP contribution in [0, 0.1) is 0 Å². The summed E-state index contributed by atoms with van der Waals surface area (Å²) in [5.74, 6) is 1.22. The minimum atomic E-state index is 0.541. The molecule has 0 aliphatic heterocycles. The Labute approximate surface area is 135 Å². The summed E-state index contributed by atoms with van der Waals surface area (Å²) in [4.78, 5) is 4.42. The summed E-state index contributed by atoms with van der Waals surface area (Å²) in [5, 5.41) is 14.4. The maximum absolute atomic E-state index is 4.42. The van der Waals surface area contributed by atoms with Crippen molar-refractivity contribution in [1.29, 1.82) is 0 Å². The summed E-state index contributed by atoms with van der Waals surface area (Å²) in [6.07, 6.45) is 3.66. The second-order valence-electron chi connectivity index (χ2n) is 5.17. The maximum atomic E-state index is 4.42. The van der Waals surface area contributed by atoms with Crippen molar-refractivity contribution < 1.29 is 0 Å². The molecular formula is C18H19N5. The molecule has 0 aliphatic rings. The van der Waals surface area contributed by atoms with Gasteiger partial charge in [-0.15, -0.1) is 5.10 Å². The number of hydrogen-bond donors (Lipinski definition) is 2. The van der Waals surface area contributed by atoms with Crippen LogP contribution in [0.2, 0.25) is 0 Å². The van der Waals surface area contributed by atoms with Crippen molar-refractivity contribution in [2.45, 2.75) is 12.8 Å². The topological polar surface area (TPSA) is 62.7 Å². The molecule has 0 amide bonds. The van der Waals surface area contributed by atoms with E-state index >= 15 is 0 Å². The molecule has 1 aromatic heterocycles. The second-order valence-corrected chi connectivity index (χ2v) is 5.17. The van der Waals surface area contributed by atoms with Gasteiger partial charge in [0.15, 0.2) is 5.82 Å². The minimum Gasteiger partial charge on any atom is -0.353 e. The first-order chi connectivity index (χ1) is 11.4. The summed E-state index contributed by atoms with van der Waals surface area (Å²) in [6, 6.07) is 20.3. The van der Waals surface area contributed by atoms with E-state index in [0.717, 1.165) is 25.1 Å². The van der Waals surface area contributed by atoms with Gasteiger partial charge in [0, 0.05) is 12.2 Å². The van der Waals surface area contributed by atoms with E-state index in [1.165, 1.54) is 5.56 Å². The first-order valence-electron chi connectivity index (χ1n) is 7.70. The van der Waals surface area contributed by atoms with Crippen LogP contribution < -0.4 is 10.6 Å². The predicted octanol–water partition coefficient (Wildman–Crippen LogP) is 3.66. The van der Waals surface area contributed by atoms with Gasteiger partial charge in [-0.3, -0.25) is 0 Å². The molecular weight excluding hydrogens is 286 g/mol. The molecule has 1 heterocycles. The van der Waals surface area contributed by atoms with Gasteiger partial charge in [0.2, 0.25) is 5.95 Å². The molecule has 0 aliphatic carbocycles. The summed E-state index contributed by atoms with van der Waals surface area (Å²) in [6.45, 7) is 0.811. The van der Waals surface area contributed by atoms with Gasteiger partial charge < -0.3 is 10.6 Å². The third-order valence-corrected chi connectivity index (χ3v) is 3.37. The van der Waals surface area contributed by atoms with E-state index in [9.17, 15) is 0 Å². The zero-order chi connectivity index (χ0) is 15.7. The van der Waals surface area contributed by atoms with Crippen LogP contribution in [-0.2, 0) is 6.42 Å². The largest absolute Gasteiger partial charge is 0.353 e. The third kappa shape index (κ3) is 4.78. The van der Waals surface area contributed by atoms with Gasteiger partial charge in [0.25, 0.3) is 0 Å². The molecule has 0 radical (unpaired) electrons. The number of hydrogen-bond acceptors (Lipinski definition) is 5. The molecule has 3 aromatic rings. The van der Waals surface area contributed by atoms with Crippen LogP contribution in [0.15, 0.2) is 66.9 Å². The van der Waals surface area contributed by atoms with Crippen LogP contribution in [-0.4, -0.2) is 21.7 Å². The second kappa shape index (κ2) is 7.89. The molecule has 5 heteroatoms. The van der Waals surface area contributed by atoms with Crippen molar-refractivity contribution in [3.05, 3.63) is 72.4 Å². The van der Waals surface area contributed by atoms with Gasteiger partial charge in [-0.05, 0) is 30.5 Å². The van der Waals surface area contributed by atoms with Gasteiger partial charge in [-0.2, -0.15) is 10.1 Å². The van der Waals surface area contributed by atoms with E-state index in [4.69, 9.17) is 0 Å². The van der Waals surface area contributed by atoms with Crippen molar-refractivity contribution in [2.24, 2.45) is 0 Å². The molecule has 3 rings (SSSR count). The molecule has 23 heavy (non-hydrogen) atoms. The van der Waals surface area contributed by atoms with Crippen LogP contribution >= 0.6 is 0 Å². The molecule has 0 fully saturated rings. The molecule has 0 atom stereocenters. The predicted molar refractivity (Wildman–Crippen MR) is 92.8 cm³/mol. The van der Waals surface area contributed by atoms with E-state index in [-0.39, 0.29) is 0 Å². The Morgan fingerprint density at radius 2 is 1.61 bits per heavy atom. The quantitative estimate of drug-likeness (QED) is 0.652. The Bertz CT molecular complexity index is 716. The van der Waals surface area contributed by atoms with Gasteiger partial charge >= 0.3 is 0 Å². The van der Waals surface area contributed by atoms with Gasteiger partial charge in [0.1, 0.15) is 0 Å². The molecule has 0 saturated heterocycles. The van der Waals surface area contributed by atoms with Gasteiger partial charge in [-0.1, -0.05) is 48.5 Å². The SMILES string of the molecule is c1ccc(CCCNc2nncc(Nc3ccccc3)n2)cc1. The van der Waals surface area contributed by atoms with E-state index in [0.29, 0.717) is 11.8 Å². The highest BCUT2D eigenvalue weighted by molar-refractivity contribution is 5.55. The number of anilines is 3. The fourth-order valence-corrected chi connectivity index (χ4v) is 2.25. The molecule has 0 bridgehead atoms. The monoisotopic (exact) mass is 305 g/mol. The van der Waals surface area contributed by atoms with Gasteiger partial charge in [0.05, 0.1) is 6.20 Å². The van der Waals surface area contributed by atoms with Crippen LogP contribution in [0.4, 0.5) is 17.5 Å². The standard InChI is InChI=1S/C18H19N5/c1-3-8-15(9-4-1)10-7-13-19-18-22-17(14-20-23-18)21-16-11-5-2-6-12-16/h1-6,8-9,11-12,14H,7,10,13H2,(H2,19,21,22,23). The normalized spacial score (nSPS) is 10.3. The fourth-order valence-electron chi connectivity index (χ4n) is 2.25. The summed E-state index contributed by atoms with van der Waals surface area (Å²) in [7, 11) is 0. The Morgan fingerprint density at radius 3 is 2.39 bits per heavy atom. The van der Waals surface area contributed by atoms with Crippen LogP contribution in [0.3, 0.4) is 0 Å². The number of rotatable bonds is 7. The van der Waals surface area contributed by atoms with E-state index in [2.05, 4.69) is 50.1 Å². The first-order valence-corrected chi connectivity index (χ1v) is 7.70. The molecule has 2 aromatic carbocycles. The zero-order valence-corrected chi connectivity index (χ0v) is 12.8. The summed E-state index contributed by atoms with van der Waals surface area (Å²) >= 11 is 0. The van der Waals surface area contributed by atoms with Crippen molar-refractivity contribution in [2.75, 3.05) is 17.2 Å². The van der Waals surface area contributed by atoms with Crippen molar-refractivity contribution in [3.8, 4) is 0 Å². The lowest BCUT2D eigenvalue weighted by Gasteiger charge is -2.07. The van der Waals surface area contributed by atoms with E-state index < -0.39 is 0 Å². The van der Waals surface area contributed by atoms with Crippen LogP contribution in [0.25, 0.3) is 0 Å². The molecule has 0 spiro atoms. The minimum absolute atomic E-state index is 0.541. The maximum Gasteiger partial charge on any atom is 0.244 e. The number of nitrogens with one attached hydrogen (secondary N) is 2. The summed E-state index contributed by atoms with van der Waals surface area (Å²) in [5.41, 5.74) is 2.32. The lowest BCUT2D eigenvalue weighted by Crippen LogP contribution is -2.08. The van der Waals surface area contributed by atoms with Gasteiger partial charge in [-0.25, -0.2) is 0 Å².